The number of ether oxygens (including phenoxy) is 1. The highest BCUT2D eigenvalue weighted by atomic mass is 16.5. The van der Waals surface area contributed by atoms with E-state index < -0.39 is 18.5 Å². The summed E-state index contributed by atoms with van der Waals surface area (Å²) in [5.41, 5.74) is 3.89. The second-order valence-electron chi connectivity index (χ2n) is 7.84. The Hall–Kier alpha value is -3.94. The van der Waals surface area contributed by atoms with Gasteiger partial charge in [-0.05, 0) is 57.0 Å². The van der Waals surface area contributed by atoms with Crippen molar-refractivity contribution in [1.82, 2.24) is 14.8 Å². The Morgan fingerprint density at radius 2 is 1.91 bits per heavy atom. The molecule has 4 rings (SSSR count). The van der Waals surface area contributed by atoms with Gasteiger partial charge in [0.2, 0.25) is 0 Å². The van der Waals surface area contributed by atoms with E-state index in [1.165, 1.54) is 6.26 Å². The lowest BCUT2D eigenvalue weighted by Crippen LogP contribution is -2.22. The standard InChI is InChI=1S/C24H24N4O4/c1-14(2)28-23-18(12-25-28)17(11-19(26-23)20-9-6-10-31-20)24(30)32-13-21(29)27-22-15(3)7-5-8-16(22)4/h5-12,14H,13H2,1-4H3,(H,27,29). The first-order valence-corrected chi connectivity index (χ1v) is 10.3. The Kier molecular flexibility index (Phi) is 5.77. The number of hydrogen-bond donors (Lipinski definition) is 1. The van der Waals surface area contributed by atoms with Crippen LogP contribution >= 0.6 is 0 Å². The fourth-order valence-electron chi connectivity index (χ4n) is 3.51. The van der Waals surface area contributed by atoms with Crippen molar-refractivity contribution in [2.24, 2.45) is 0 Å². The zero-order valence-corrected chi connectivity index (χ0v) is 18.4. The van der Waals surface area contributed by atoms with Gasteiger partial charge in [0.15, 0.2) is 18.0 Å². The molecule has 1 amide bonds. The fraction of sp³-hybridized carbons (Fsp3) is 0.250. The third kappa shape index (κ3) is 4.12. The van der Waals surface area contributed by atoms with Crippen LogP contribution in [0.2, 0.25) is 0 Å². The largest absolute Gasteiger partial charge is 0.463 e. The maximum atomic E-state index is 13.0. The number of carbonyl (C=O) groups excluding carboxylic acids is 2. The minimum atomic E-state index is -0.634. The molecule has 4 aromatic rings. The van der Waals surface area contributed by atoms with E-state index in [9.17, 15) is 9.59 Å². The fourth-order valence-corrected chi connectivity index (χ4v) is 3.51. The van der Waals surface area contributed by atoms with Crippen LogP contribution < -0.4 is 5.32 Å². The molecule has 1 aromatic carbocycles. The lowest BCUT2D eigenvalue weighted by Gasteiger charge is -2.12. The Balaban J connectivity index is 1.59. The summed E-state index contributed by atoms with van der Waals surface area (Å²) in [4.78, 5) is 30.0. The molecular formula is C24H24N4O4. The summed E-state index contributed by atoms with van der Waals surface area (Å²) in [5.74, 6) is -0.527. The molecule has 0 fully saturated rings. The summed E-state index contributed by atoms with van der Waals surface area (Å²) >= 11 is 0. The van der Waals surface area contributed by atoms with Gasteiger partial charge in [-0.1, -0.05) is 18.2 Å². The Labute approximate surface area is 185 Å². The molecule has 8 heteroatoms. The highest BCUT2D eigenvalue weighted by Crippen LogP contribution is 2.27. The van der Waals surface area contributed by atoms with Crippen molar-refractivity contribution in [2.75, 3.05) is 11.9 Å². The zero-order valence-electron chi connectivity index (χ0n) is 18.4. The number of aromatic nitrogens is 3. The van der Waals surface area contributed by atoms with Gasteiger partial charge in [-0.15, -0.1) is 0 Å². The van der Waals surface area contributed by atoms with E-state index >= 15 is 0 Å². The van der Waals surface area contributed by atoms with Gasteiger partial charge < -0.3 is 14.5 Å². The van der Waals surface area contributed by atoms with Gasteiger partial charge in [0.1, 0.15) is 5.69 Å². The lowest BCUT2D eigenvalue weighted by molar-refractivity contribution is -0.119. The van der Waals surface area contributed by atoms with Crippen LogP contribution in [-0.2, 0) is 9.53 Å². The van der Waals surface area contributed by atoms with Crippen molar-refractivity contribution in [3.05, 3.63) is 65.5 Å². The highest BCUT2D eigenvalue weighted by Gasteiger charge is 2.21. The van der Waals surface area contributed by atoms with E-state index in [2.05, 4.69) is 15.4 Å². The number of pyridine rings is 1. The molecule has 0 unspecified atom stereocenters. The van der Waals surface area contributed by atoms with Gasteiger partial charge in [-0.3, -0.25) is 4.79 Å². The number of nitrogens with zero attached hydrogens (tertiary/aromatic N) is 3. The van der Waals surface area contributed by atoms with Gasteiger partial charge >= 0.3 is 5.97 Å². The first-order chi connectivity index (χ1) is 15.3. The van der Waals surface area contributed by atoms with Crippen LogP contribution in [0.4, 0.5) is 5.69 Å². The topological polar surface area (TPSA) is 99.2 Å². The van der Waals surface area contributed by atoms with E-state index in [0.717, 1.165) is 16.8 Å². The minimum absolute atomic E-state index is 0.0406. The summed E-state index contributed by atoms with van der Waals surface area (Å²) in [6, 6.07) is 10.9. The molecule has 0 atom stereocenters. The molecule has 0 radical (unpaired) electrons. The Morgan fingerprint density at radius 1 is 1.16 bits per heavy atom. The number of hydrogen-bond acceptors (Lipinski definition) is 6. The molecule has 0 saturated carbocycles. The van der Waals surface area contributed by atoms with Gasteiger partial charge in [-0.25, -0.2) is 14.5 Å². The zero-order chi connectivity index (χ0) is 22.8. The van der Waals surface area contributed by atoms with Crippen molar-refractivity contribution >= 4 is 28.6 Å². The second kappa shape index (κ2) is 8.66. The number of esters is 1. The maximum absolute atomic E-state index is 13.0. The van der Waals surface area contributed by atoms with Gasteiger partial charge in [0.25, 0.3) is 5.91 Å². The van der Waals surface area contributed by atoms with Gasteiger partial charge in [0, 0.05) is 11.7 Å². The SMILES string of the molecule is Cc1cccc(C)c1NC(=O)COC(=O)c1cc(-c2ccco2)nc2c1cnn2C(C)C. The summed E-state index contributed by atoms with van der Waals surface area (Å²) < 4.78 is 12.5. The van der Waals surface area contributed by atoms with Crippen LogP contribution in [0.3, 0.4) is 0 Å². The molecule has 0 spiro atoms. The predicted octanol–water partition coefficient (Wildman–Crippen LogP) is 4.68. The van der Waals surface area contributed by atoms with Gasteiger partial charge in [0.05, 0.1) is 23.4 Å². The monoisotopic (exact) mass is 432 g/mol. The van der Waals surface area contributed by atoms with Crippen molar-refractivity contribution < 1.29 is 18.7 Å². The number of furan rings is 1. The highest BCUT2D eigenvalue weighted by molar-refractivity contribution is 6.04. The van der Waals surface area contributed by atoms with Gasteiger partial charge in [-0.2, -0.15) is 5.10 Å². The number of anilines is 1. The number of para-hydroxylation sites is 1. The average Bonchev–Trinajstić information content (AvgIpc) is 3.44. The van der Waals surface area contributed by atoms with Crippen LogP contribution in [0.1, 0.15) is 41.4 Å². The number of nitrogens with one attached hydrogen (secondary N) is 1. The summed E-state index contributed by atoms with van der Waals surface area (Å²) in [6.45, 7) is 7.35. The van der Waals surface area contributed by atoms with Crippen molar-refractivity contribution in [3.8, 4) is 11.5 Å². The molecule has 8 nitrogen and oxygen atoms in total. The number of fused-ring (bicyclic) bond motifs is 1. The number of rotatable bonds is 6. The Bertz CT molecular complexity index is 1270. The number of carbonyl (C=O) groups is 2. The second-order valence-corrected chi connectivity index (χ2v) is 7.84. The quantitative estimate of drug-likeness (QED) is 0.444. The molecule has 1 N–H and O–H groups in total. The average molecular weight is 432 g/mol. The van der Waals surface area contributed by atoms with Crippen LogP contribution in [0.25, 0.3) is 22.5 Å². The first kappa shape index (κ1) is 21.3. The van der Waals surface area contributed by atoms with E-state index in [0.29, 0.717) is 22.5 Å². The third-order valence-electron chi connectivity index (χ3n) is 5.13. The summed E-state index contributed by atoms with van der Waals surface area (Å²) in [7, 11) is 0. The predicted molar refractivity (Wildman–Crippen MR) is 120 cm³/mol. The molecular weight excluding hydrogens is 408 g/mol. The van der Waals surface area contributed by atoms with E-state index in [-0.39, 0.29) is 11.6 Å². The van der Waals surface area contributed by atoms with Crippen molar-refractivity contribution in [1.29, 1.82) is 0 Å². The Morgan fingerprint density at radius 3 is 2.56 bits per heavy atom. The van der Waals surface area contributed by atoms with E-state index in [1.54, 1.807) is 29.1 Å². The molecule has 0 aliphatic carbocycles. The maximum Gasteiger partial charge on any atom is 0.339 e. The molecule has 0 aliphatic rings. The lowest BCUT2D eigenvalue weighted by atomic mass is 10.1. The minimum Gasteiger partial charge on any atom is -0.463 e. The molecule has 0 bridgehead atoms. The van der Waals surface area contributed by atoms with E-state index in [1.807, 2.05) is 45.9 Å². The van der Waals surface area contributed by atoms with E-state index in [4.69, 9.17) is 9.15 Å². The number of benzene rings is 1. The smallest absolute Gasteiger partial charge is 0.339 e. The third-order valence-corrected chi connectivity index (χ3v) is 5.13. The molecule has 3 heterocycles. The first-order valence-electron chi connectivity index (χ1n) is 10.3. The van der Waals surface area contributed by atoms with Crippen LogP contribution in [0.15, 0.2) is 53.3 Å². The summed E-state index contributed by atoms with van der Waals surface area (Å²) in [6.07, 6.45) is 3.12. The van der Waals surface area contributed by atoms with Crippen LogP contribution in [0, 0.1) is 13.8 Å². The van der Waals surface area contributed by atoms with Crippen molar-refractivity contribution in [3.63, 3.8) is 0 Å². The molecule has 0 saturated heterocycles. The summed E-state index contributed by atoms with van der Waals surface area (Å²) in [5, 5.41) is 7.73. The van der Waals surface area contributed by atoms with Crippen molar-refractivity contribution in [2.45, 2.75) is 33.7 Å². The molecule has 164 valence electrons. The normalized spacial score (nSPS) is 11.2. The number of amides is 1. The molecule has 0 aliphatic heterocycles. The van der Waals surface area contributed by atoms with Crippen LogP contribution in [0.5, 0.6) is 0 Å². The molecule has 3 aromatic heterocycles. The van der Waals surface area contributed by atoms with Crippen LogP contribution in [-0.4, -0.2) is 33.2 Å². The number of aryl methyl sites for hydroxylation is 2. The molecule has 32 heavy (non-hydrogen) atoms.